The SMILES string of the molecule is CC(C)NS(=O)(=O)Nc1ccc(Cl)cc1I. The Balaban J connectivity index is 2.88. The van der Waals surface area contributed by atoms with Crippen molar-refractivity contribution in [2.24, 2.45) is 0 Å². The molecule has 0 bridgehead atoms. The molecule has 90 valence electrons. The van der Waals surface area contributed by atoms with Gasteiger partial charge in [0.25, 0.3) is 10.2 Å². The van der Waals surface area contributed by atoms with Crippen LogP contribution >= 0.6 is 34.2 Å². The van der Waals surface area contributed by atoms with Gasteiger partial charge in [-0.25, -0.2) is 0 Å². The van der Waals surface area contributed by atoms with E-state index in [9.17, 15) is 8.42 Å². The summed E-state index contributed by atoms with van der Waals surface area (Å²) in [6, 6.07) is 4.80. The van der Waals surface area contributed by atoms with Crippen LogP contribution in [-0.2, 0) is 10.2 Å². The molecule has 0 aromatic heterocycles. The summed E-state index contributed by atoms with van der Waals surface area (Å²) in [4.78, 5) is 0. The molecule has 0 saturated carbocycles. The van der Waals surface area contributed by atoms with Crippen molar-refractivity contribution in [2.45, 2.75) is 19.9 Å². The Kier molecular flexibility index (Phi) is 4.84. The van der Waals surface area contributed by atoms with E-state index in [1.165, 1.54) is 0 Å². The predicted octanol–water partition coefficient (Wildman–Crippen LogP) is 2.60. The van der Waals surface area contributed by atoms with Crippen LogP contribution in [0, 0.1) is 3.57 Å². The van der Waals surface area contributed by atoms with Crippen LogP contribution in [0.15, 0.2) is 18.2 Å². The van der Waals surface area contributed by atoms with E-state index in [0.29, 0.717) is 10.7 Å². The summed E-state index contributed by atoms with van der Waals surface area (Å²) in [6.45, 7) is 3.51. The molecule has 0 aliphatic heterocycles. The van der Waals surface area contributed by atoms with Crippen LogP contribution < -0.4 is 9.44 Å². The van der Waals surface area contributed by atoms with Gasteiger partial charge in [0.1, 0.15) is 0 Å². The minimum Gasteiger partial charge on any atom is -0.270 e. The molecule has 0 saturated heterocycles. The lowest BCUT2D eigenvalue weighted by Crippen LogP contribution is -2.35. The normalized spacial score (nSPS) is 11.8. The van der Waals surface area contributed by atoms with Gasteiger partial charge in [-0.15, -0.1) is 0 Å². The number of hydrogen-bond acceptors (Lipinski definition) is 2. The average molecular weight is 375 g/mol. The molecule has 4 nitrogen and oxygen atoms in total. The Bertz CT molecular complexity index is 476. The maximum Gasteiger partial charge on any atom is 0.299 e. The summed E-state index contributed by atoms with van der Waals surface area (Å²) in [5.41, 5.74) is 0.512. The van der Waals surface area contributed by atoms with Gasteiger partial charge in [0.15, 0.2) is 0 Å². The molecule has 0 fully saturated rings. The molecule has 0 atom stereocenters. The summed E-state index contributed by atoms with van der Waals surface area (Å²) in [5.74, 6) is 0. The second kappa shape index (κ2) is 5.52. The van der Waals surface area contributed by atoms with Crippen LogP contribution in [0.2, 0.25) is 5.02 Å². The minimum absolute atomic E-state index is 0.150. The molecule has 0 aliphatic carbocycles. The van der Waals surface area contributed by atoms with Gasteiger partial charge in [-0.1, -0.05) is 11.6 Å². The first-order chi connectivity index (χ1) is 7.30. The Morgan fingerprint density at radius 1 is 1.38 bits per heavy atom. The van der Waals surface area contributed by atoms with Gasteiger partial charge in [-0.3, -0.25) is 4.72 Å². The molecule has 16 heavy (non-hydrogen) atoms. The van der Waals surface area contributed by atoms with Crippen molar-refractivity contribution in [3.05, 3.63) is 26.8 Å². The zero-order chi connectivity index (χ0) is 12.3. The number of anilines is 1. The van der Waals surface area contributed by atoms with Crippen molar-refractivity contribution in [1.82, 2.24) is 4.72 Å². The van der Waals surface area contributed by atoms with E-state index in [1.54, 1.807) is 32.0 Å². The van der Waals surface area contributed by atoms with Gasteiger partial charge in [0.05, 0.1) is 5.69 Å². The summed E-state index contributed by atoms with van der Waals surface area (Å²) in [5, 5.41) is 0.573. The first-order valence-corrected chi connectivity index (χ1v) is 7.49. The van der Waals surface area contributed by atoms with E-state index >= 15 is 0 Å². The van der Waals surface area contributed by atoms with Crippen LogP contribution in [0.1, 0.15) is 13.8 Å². The molecule has 7 heteroatoms. The standard InChI is InChI=1S/C9H12ClIN2O2S/c1-6(2)12-16(14,15)13-9-4-3-7(10)5-8(9)11/h3-6,12-13H,1-2H3. The van der Waals surface area contributed by atoms with E-state index in [1.807, 2.05) is 22.6 Å². The zero-order valence-electron chi connectivity index (χ0n) is 8.79. The summed E-state index contributed by atoms with van der Waals surface area (Å²) < 4.78 is 28.8. The lowest BCUT2D eigenvalue weighted by molar-refractivity contribution is 0.575. The highest BCUT2D eigenvalue weighted by Crippen LogP contribution is 2.22. The van der Waals surface area contributed by atoms with E-state index in [4.69, 9.17) is 11.6 Å². The van der Waals surface area contributed by atoms with Gasteiger partial charge < -0.3 is 0 Å². The highest BCUT2D eigenvalue weighted by molar-refractivity contribution is 14.1. The molecule has 0 spiro atoms. The molecule has 2 N–H and O–H groups in total. The fraction of sp³-hybridized carbons (Fsp3) is 0.333. The third-order valence-electron chi connectivity index (χ3n) is 1.57. The Morgan fingerprint density at radius 2 is 2.00 bits per heavy atom. The fourth-order valence-electron chi connectivity index (χ4n) is 1.06. The molecule has 0 amide bonds. The van der Waals surface area contributed by atoms with Crippen molar-refractivity contribution in [2.75, 3.05) is 4.72 Å². The van der Waals surface area contributed by atoms with Crippen LogP contribution in [-0.4, -0.2) is 14.5 Å². The number of nitrogens with one attached hydrogen (secondary N) is 2. The van der Waals surface area contributed by atoms with E-state index < -0.39 is 10.2 Å². The van der Waals surface area contributed by atoms with Crippen LogP contribution in [0.25, 0.3) is 0 Å². The Morgan fingerprint density at radius 3 is 2.50 bits per heavy atom. The lowest BCUT2D eigenvalue weighted by atomic mass is 10.3. The van der Waals surface area contributed by atoms with Crippen LogP contribution in [0.5, 0.6) is 0 Å². The molecule has 1 aromatic rings. The molecule has 0 heterocycles. The smallest absolute Gasteiger partial charge is 0.270 e. The molecular weight excluding hydrogens is 363 g/mol. The molecule has 1 rings (SSSR count). The van der Waals surface area contributed by atoms with Gasteiger partial charge in [0, 0.05) is 14.6 Å². The van der Waals surface area contributed by atoms with E-state index in [0.717, 1.165) is 3.57 Å². The number of halogens is 2. The Hall–Kier alpha value is -0.0500. The molecular formula is C9H12ClIN2O2S. The quantitative estimate of drug-likeness (QED) is 0.796. The maximum atomic E-state index is 11.6. The van der Waals surface area contributed by atoms with Crippen molar-refractivity contribution in [3.8, 4) is 0 Å². The molecule has 1 aromatic carbocycles. The zero-order valence-corrected chi connectivity index (χ0v) is 12.5. The maximum absolute atomic E-state index is 11.6. The Labute approximate surface area is 114 Å². The minimum atomic E-state index is -3.52. The van der Waals surface area contributed by atoms with Gasteiger partial charge in [-0.2, -0.15) is 13.1 Å². The van der Waals surface area contributed by atoms with Gasteiger partial charge >= 0.3 is 0 Å². The van der Waals surface area contributed by atoms with Crippen molar-refractivity contribution >= 4 is 50.1 Å². The fourth-order valence-corrected chi connectivity index (χ4v) is 3.39. The van der Waals surface area contributed by atoms with Crippen molar-refractivity contribution < 1.29 is 8.42 Å². The second-order valence-corrected chi connectivity index (χ2v) is 6.55. The van der Waals surface area contributed by atoms with Crippen LogP contribution in [0.3, 0.4) is 0 Å². The second-order valence-electron chi connectivity index (χ2n) is 3.50. The van der Waals surface area contributed by atoms with Crippen LogP contribution in [0.4, 0.5) is 5.69 Å². The molecule has 0 unspecified atom stereocenters. The van der Waals surface area contributed by atoms with Crippen molar-refractivity contribution in [3.63, 3.8) is 0 Å². The monoisotopic (exact) mass is 374 g/mol. The largest absolute Gasteiger partial charge is 0.299 e. The number of rotatable bonds is 4. The topological polar surface area (TPSA) is 58.2 Å². The number of hydrogen-bond donors (Lipinski definition) is 2. The predicted molar refractivity (Wildman–Crippen MR) is 75.0 cm³/mol. The van der Waals surface area contributed by atoms with Gasteiger partial charge in [0.2, 0.25) is 0 Å². The first kappa shape index (κ1) is 14.0. The molecule has 0 aliphatic rings. The van der Waals surface area contributed by atoms with E-state index in [-0.39, 0.29) is 6.04 Å². The third kappa shape index (κ3) is 4.44. The van der Waals surface area contributed by atoms with Crippen molar-refractivity contribution in [1.29, 1.82) is 0 Å². The average Bonchev–Trinajstić information content (AvgIpc) is 2.07. The van der Waals surface area contributed by atoms with E-state index in [2.05, 4.69) is 9.44 Å². The first-order valence-electron chi connectivity index (χ1n) is 4.55. The summed E-state index contributed by atoms with van der Waals surface area (Å²) in [7, 11) is -3.52. The lowest BCUT2D eigenvalue weighted by Gasteiger charge is -2.12. The van der Waals surface area contributed by atoms with Gasteiger partial charge in [-0.05, 0) is 54.6 Å². The number of benzene rings is 1. The highest BCUT2D eigenvalue weighted by atomic mass is 127. The third-order valence-corrected chi connectivity index (χ3v) is 3.96. The summed E-state index contributed by atoms with van der Waals surface area (Å²) >= 11 is 7.80. The summed E-state index contributed by atoms with van der Waals surface area (Å²) in [6.07, 6.45) is 0. The highest BCUT2D eigenvalue weighted by Gasteiger charge is 2.12. The molecule has 0 radical (unpaired) electrons.